The van der Waals surface area contributed by atoms with E-state index < -0.39 is 11.8 Å². The highest BCUT2D eigenvalue weighted by Crippen LogP contribution is 2.33. The summed E-state index contributed by atoms with van der Waals surface area (Å²) >= 11 is 11.5. The van der Waals surface area contributed by atoms with Crippen LogP contribution in [0.4, 0.5) is 5.69 Å². The smallest absolute Gasteiger partial charge is 0.258 e. The van der Waals surface area contributed by atoms with Gasteiger partial charge in [0.1, 0.15) is 0 Å². The first-order valence-corrected chi connectivity index (χ1v) is 8.42. The van der Waals surface area contributed by atoms with Crippen molar-refractivity contribution < 1.29 is 9.59 Å². The highest BCUT2D eigenvalue weighted by Gasteiger charge is 2.25. The Bertz CT molecular complexity index is 812. The molecule has 0 fully saturated rings. The molecule has 0 spiro atoms. The lowest BCUT2D eigenvalue weighted by molar-refractivity contribution is 0.0845. The Kier molecular flexibility index (Phi) is 4.97. The van der Waals surface area contributed by atoms with Crippen molar-refractivity contribution in [2.75, 3.05) is 24.8 Å². The maximum atomic E-state index is 12.0. The number of nitrogens with one attached hydrogen (secondary N) is 1. The van der Waals surface area contributed by atoms with E-state index in [2.05, 4.69) is 15.7 Å². The number of hydrogen-bond acceptors (Lipinski definition) is 4. The molecule has 0 aliphatic carbocycles. The summed E-state index contributed by atoms with van der Waals surface area (Å²) in [6, 6.07) is 8.61. The van der Waals surface area contributed by atoms with Crippen LogP contribution in [0.15, 0.2) is 40.7 Å². The zero-order valence-corrected chi connectivity index (χ0v) is 14.1. The minimum absolute atomic E-state index is 0.405. The van der Waals surface area contributed by atoms with E-state index in [1.54, 1.807) is 29.3 Å². The summed E-state index contributed by atoms with van der Waals surface area (Å²) < 4.78 is 0. The number of amides is 2. The molecule has 6 nitrogen and oxygen atoms in total. The minimum atomic E-state index is -0.405. The summed E-state index contributed by atoms with van der Waals surface area (Å²) in [5, 5.41) is 13.7. The second-order valence-corrected chi connectivity index (χ2v) is 5.92. The molecule has 2 aromatic rings. The summed E-state index contributed by atoms with van der Waals surface area (Å²) in [6.45, 7) is 1.06. The molecular formula is C16H14Cl2N4O2. The number of carbonyl (C=O) groups excluding carboxylic acids is 2. The summed E-state index contributed by atoms with van der Waals surface area (Å²) in [7, 11) is 0. The molecule has 0 saturated heterocycles. The van der Waals surface area contributed by atoms with E-state index in [1.807, 2.05) is 6.07 Å². The maximum Gasteiger partial charge on any atom is 0.258 e. The first-order valence-electron chi connectivity index (χ1n) is 7.35. The fraction of sp³-hybridized carbons (Fsp3) is 0.250. The number of halogens is 2. The minimum Gasteiger partial charge on any atom is -0.288 e. The van der Waals surface area contributed by atoms with E-state index in [0.717, 1.165) is 0 Å². The topological polar surface area (TPSA) is 74.1 Å². The van der Waals surface area contributed by atoms with Crippen LogP contribution in [-0.4, -0.2) is 41.7 Å². The van der Waals surface area contributed by atoms with Crippen molar-refractivity contribution in [3.05, 3.63) is 41.5 Å². The van der Waals surface area contributed by atoms with Crippen LogP contribution in [-0.2, 0) is 0 Å². The number of rotatable bonds is 6. The highest BCUT2D eigenvalue weighted by molar-refractivity contribution is 6.26. The molecule has 0 radical (unpaired) electrons. The van der Waals surface area contributed by atoms with Crippen molar-refractivity contribution in [2.45, 2.75) is 0 Å². The molecular weight excluding hydrogens is 351 g/mol. The van der Waals surface area contributed by atoms with Crippen molar-refractivity contribution in [2.24, 2.45) is 10.3 Å². The SMILES string of the molecule is O=C1NC(=O)c2ccc(N=NN(CCCl)CCCl)c3cccc1c23. The van der Waals surface area contributed by atoms with Crippen molar-refractivity contribution in [3.8, 4) is 0 Å². The molecule has 0 saturated carbocycles. The van der Waals surface area contributed by atoms with Crippen molar-refractivity contribution in [1.82, 2.24) is 10.3 Å². The molecule has 1 aliphatic heterocycles. The third-order valence-electron chi connectivity index (χ3n) is 3.70. The van der Waals surface area contributed by atoms with E-state index >= 15 is 0 Å². The van der Waals surface area contributed by atoms with Gasteiger partial charge >= 0.3 is 0 Å². The first-order chi connectivity index (χ1) is 11.7. The molecule has 0 atom stereocenters. The summed E-state index contributed by atoms with van der Waals surface area (Å²) in [4.78, 5) is 24.0. The van der Waals surface area contributed by atoms with Crippen LogP contribution in [0.5, 0.6) is 0 Å². The van der Waals surface area contributed by atoms with Crippen molar-refractivity contribution in [3.63, 3.8) is 0 Å². The fourth-order valence-electron chi connectivity index (χ4n) is 2.60. The van der Waals surface area contributed by atoms with E-state index in [4.69, 9.17) is 23.2 Å². The average Bonchev–Trinajstić information content (AvgIpc) is 2.58. The molecule has 3 rings (SSSR count). The Morgan fingerprint density at radius 3 is 2.29 bits per heavy atom. The van der Waals surface area contributed by atoms with Crippen LogP contribution in [0.2, 0.25) is 0 Å². The molecule has 1 heterocycles. The maximum absolute atomic E-state index is 12.0. The van der Waals surface area contributed by atoms with Gasteiger partial charge in [-0.3, -0.25) is 19.9 Å². The lowest BCUT2D eigenvalue weighted by Gasteiger charge is -2.17. The lowest BCUT2D eigenvalue weighted by atomic mass is 9.94. The van der Waals surface area contributed by atoms with E-state index in [1.165, 1.54) is 0 Å². The summed E-state index contributed by atoms with van der Waals surface area (Å²) in [5.41, 5.74) is 1.49. The van der Waals surface area contributed by atoms with Gasteiger partial charge in [-0.05, 0) is 18.2 Å². The number of benzene rings is 2. The Hall–Kier alpha value is -2.18. The Morgan fingerprint density at radius 2 is 1.62 bits per heavy atom. The third-order valence-corrected chi connectivity index (χ3v) is 4.04. The third kappa shape index (κ3) is 3.07. The van der Waals surface area contributed by atoms with Gasteiger partial charge in [0.2, 0.25) is 0 Å². The van der Waals surface area contributed by atoms with E-state index in [9.17, 15) is 9.59 Å². The predicted molar refractivity (Wildman–Crippen MR) is 93.3 cm³/mol. The Labute approximate surface area is 148 Å². The number of carbonyl (C=O) groups is 2. The molecule has 1 N–H and O–H groups in total. The fourth-order valence-corrected chi connectivity index (χ4v) is 2.99. The molecule has 0 bridgehead atoms. The molecule has 1 aliphatic rings. The van der Waals surface area contributed by atoms with Gasteiger partial charge in [0.05, 0.1) is 18.8 Å². The van der Waals surface area contributed by atoms with E-state index in [0.29, 0.717) is 52.4 Å². The van der Waals surface area contributed by atoms with Gasteiger partial charge in [-0.15, -0.1) is 28.3 Å². The van der Waals surface area contributed by atoms with Crippen LogP contribution < -0.4 is 5.32 Å². The molecule has 24 heavy (non-hydrogen) atoms. The number of alkyl halides is 2. The van der Waals surface area contributed by atoms with Crippen molar-refractivity contribution in [1.29, 1.82) is 0 Å². The normalized spacial score (nSPS) is 13.6. The van der Waals surface area contributed by atoms with Gasteiger partial charge < -0.3 is 0 Å². The molecule has 124 valence electrons. The quantitative estimate of drug-likeness (QED) is 0.369. The molecule has 0 unspecified atom stereocenters. The van der Waals surface area contributed by atoms with Gasteiger partial charge in [-0.25, -0.2) is 0 Å². The predicted octanol–water partition coefficient (Wildman–Crippen LogP) is 3.50. The second-order valence-electron chi connectivity index (χ2n) is 5.16. The standard InChI is InChI=1S/C16H14Cl2N4O2/c17-6-8-22(9-7-18)21-20-13-5-4-12-14-10(13)2-1-3-11(14)15(23)19-16(12)24/h1-5H,6-9H2,(H,19,23,24). The van der Waals surface area contributed by atoms with Gasteiger partial charge in [-0.1, -0.05) is 17.4 Å². The van der Waals surface area contributed by atoms with Crippen molar-refractivity contribution >= 4 is 51.5 Å². The van der Waals surface area contributed by atoms with Crippen LogP contribution in [0.3, 0.4) is 0 Å². The van der Waals surface area contributed by atoms with Crippen LogP contribution in [0, 0.1) is 0 Å². The van der Waals surface area contributed by atoms with Gasteiger partial charge in [0, 0.05) is 33.7 Å². The highest BCUT2D eigenvalue weighted by atomic mass is 35.5. The average molecular weight is 365 g/mol. The summed E-state index contributed by atoms with van der Waals surface area (Å²) in [6.07, 6.45) is 0. The van der Waals surface area contributed by atoms with E-state index in [-0.39, 0.29) is 0 Å². The first kappa shape index (κ1) is 16.7. The number of imide groups is 1. The Balaban J connectivity index is 2.07. The monoisotopic (exact) mass is 364 g/mol. The van der Waals surface area contributed by atoms with Gasteiger partial charge in [0.15, 0.2) is 0 Å². The molecule has 8 heteroatoms. The largest absolute Gasteiger partial charge is 0.288 e. The number of hydrogen-bond donors (Lipinski definition) is 1. The second kappa shape index (κ2) is 7.15. The Morgan fingerprint density at radius 1 is 0.958 bits per heavy atom. The van der Waals surface area contributed by atoms with Crippen LogP contribution in [0.1, 0.15) is 20.7 Å². The van der Waals surface area contributed by atoms with Crippen LogP contribution in [0.25, 0.3) is 10.8 Å². The zero-order chi connectivity index (χ0) is 17.1. The molecule has 2 aromatic carbocycles. The summed E-state index contributed by atoms with van der Waals surface area (Å²) in [5.74, 6) is 0.0132. The lowest BCUT2D eigenvalue weighted by Crippen LogP contribution is -2.34. The van der Waals surface area contributed by atoms with Gasteiger partial charge in [0.25, 0.3) is 11.8 Å². The number of nitrogens with zero attached hydrogens (tertiary/aromatic N) is 3. The van der Waals surface area contributed by atoms with Gasteiger partial charge in [-0.2, -0.15) is 0 Å². The molecule has 2 amide bonds. The van der Waals surface area contributed by atoms with Crippen LogP contribution >= 0.6 is 23.2 Å². The zero-order valence-electron chi connectivity index (χ0n) is 12.6. The molecule has 0 aromatic heterocycles.